The maximum Gasteiger partial charge on any atom is 0.299 e. The maximum atomic E-state index is 10.9. The van der Waals surface area contributed by atoms with E-state index in [0.29, 0.717) is 5.69 Å². The molecule has 0 unspecified atom stereocenters. The van der Waals surface area contributed by atoms with Gasteiger partial charge in [-0.15, -0.1) is 0 Å². The molecule has 2 aromatic rings. The number of nitro groups is 2. The third-order valence-electron chi connectivity index (χ3n) is 2.54. The Bertz CT molecular complexity index is 675. The van der Waals surface area contributed by atoms with E-state index in [0.717, 1.165) is 6.07 Å². The molecule has 2 aromatic carbocycles. The molecule has 0 aliphatic carbocycles. The van der Waals surface area contributed by atoms with E-state index in [1.54, 1.807) is 0 Å². The number of rotatable bonds is 4. The van der Waals surface area contributed by atoms with Gasteiger partial charge in [-0.1, -0.05) is 0 Å². The molecule has 0 aliphatic rings. The van der Waals surface area contributed by atoms with Crippen molar-refractivity contribution in [3.63, 3.8) is 0 Å². The molecule has 0 saturated carbocycles. The Hall–Kier alpha value is -2.16. The Balaban J connectivity index is 0.00000220. The van der Waals surface area contributed by atoms with E-state index < -0.39 is 15.5 Å². The van der Waals surface area contributed by atoms with Gasteiger partial charge in [0.2, 0.25) is 0 Å². The Morgan fingerprint density at radius 3 is 2.10 bits per heavy atom. The first kappa shape index (κ1) is 16.9. The van der Waals surface area contributed by atoms with Gasteiger partial charge in [-0.2, -0.15) is 0 Å². The van der Waals surface area contributed by atoms with E-state index in [4.69, 9.17) is 5.11 Å². The number of benzene rings is 2. The van der Waals surface area contributed by atoms with Crippen LogP contribution >= 0.6 is 0 Å². The van der Waals surface area contributed by atoms with E-state index in [1.807, 2.05) is 0 Å². The predicted molar refractivity (Wildman–Crippen MR) is 76.9 cm³/mol. The molecular weight excluding hydrogens is 289 g/mol. The first-order valence-corrected chi connectivity index (χ1v) is 5.46. The average Bonchev–Trinajstić information content (AvgIpc) is 2.41. The zero-order chi connectivity index (χ0) is 14.7. The van der Waals surface area contributed by atoms with Gasteiger partial charge in [0.1, 0.15) is 11.4 Å². The van der Waals surface area contributed by atoms with E-state index in [9.17, 15) is 20.2 Å². The number of hydrogen-bond acceptors (Lipinski definition) is 6. The second-order valence-electron chi connectivity index (χ2n) is 3.89. The number of nitro benzene ring substituents is 2. The number of nitrogens with zero attached hydrogens (tertiary/aromatic N) is 2. The summed E-state index contributed by atoms with van der Waals surface area (Å²) in [6.45, 7) is 0. The van der Waals surface area contributed by atoms with Gasteiger partial charge in [0, 0.05) is 41.3 Å². The third kappa shape index (κ3) is 4.15. The van der Waals surface area contributed by atoms with Gasteiger partial charge >= 0.3 is 0 Å². The maximum absolute atomic E-state index is 10.9. The number of anilines is 2. The van der Waals surface area contributed by atoms with Crippen molar-refractivity contribution in [2.24, 2.45) is 0 Å². The molecule has 0 saturated heterocycles. The fourth-order valence-electron chi connectivity index (χ4n) is 1.59. The molecule has 0 bridgehead atoms. The zero-order valence-corrected chi connectivity index (χ0v) is 13.0. The molecule has 2 rings (SSSR count). The summed E-state index contributed by atoms with van der Waals surface area (Å²) in [7, 11) is 0. The van der Waals surface area contributed by atoms with Gasteiger partial charge < -0.3 is 10.4 Å². The van der Waals surface area contributed by atoms with Gasteiger partial charge in [0.05, 0.1) is 15.9 Å². The van der Waals surface area contributed by atoms with Crippen LogP contribution in [0, 0.1) is 20.2 Å². The summed E-state index contributed by atoms with van der Waals surface area (Å²) in [6.07, 6.45) is 0. The van der Waals surface area contributed by atoms with Crippen molar-refractivity contribution in [2.75, 3.05) is 5.32 Å². The van der Waals surface area contributed by atoms with E-state index in [1.165, 1.54) is 36.4 Å². The summed E-state index contributed by atoms with van der Waals surface area (Å²) in [5.41, 5.74) is -0.105. The van der Waals surface area contributed by atoms with E-state index in [-0.39, 0.29) is 46.7 Å². The fraction of sp³-hybridized carbons (Fsp3) is 0. The van der Waals surface area contributed by atoms with Crippen LogP contribution in [-0.4, -0.2) is 44.5 Å². The van der Waals surface area contributed by atoms with Crippen LogP contribution in [-0.2, 0) is 0 Å². The smallest absolute Gasteiger partial charge is 0.299 e. The molecule has 0 aromatic heterocycles. The Morgan fingerprint density at radius 2 is 1.57 bits per heavy atom. The van der Waals surface area contributed by atoms with Crippen LogP contribution in [0.15, 0.2) is 42.5 Å². The van der Waals surface area contributed by atoms with Crippen molar-refractivity contribution in [1.82, 2.24) is 0 Å². The molecule has 0 heterocycles. The second-order valence-corrected chi connectivity index (χ2v) is 3.89. The van der Waals surface area contributed by atoms with E-state index in [2.05, 4.69) is 5.32 Å². The molecule has 0 amide bonds. The van der Waals surface area contributed by atoms with Gasteiger partial charge in [-0.05, 0) is 30.3 Å². The standard InChI is InChI=1S/C12H9N3O5.Na/c16-10-4-1-8(2-5-10)13-11-6-3-9(14(17)18)7-12(11)15(19)20;/h1-7,13,16H;. The first-order valence-electron chi connectivity index (χ1n) is 5.46. The number of aromatic hydroxyl groups is 1. The zero-order valence-electron chi connectivity index (χ0n) is 11.0. The molecule has 103 valence electrons. The van der Waals surface area contributed by atoms with Crippen LogP contribution in [0.5, 0.6) is 5.75 Å². The third-order valence-corrected chi connectivity index (χ3v) is 2.54. The van der Waals surface area contributed by atoms with Gasteiger partial charge in [0.15, 0.2) is 0 Å². The van der Waals surface area contributed by atoms with Crippen molar-refractivity contribution >= 4 is 52.3 Å². The normalized spacial score (nSPS) is 9.52. The second kappa shape index (κ2) is 7.02. The fourth-order valence-corrected chi connectivity index (χ4v) is 1.59. The minimum Gasteiger partial charge on any atom is -0.508 e. The summed E-state index contributed by atoms with van der Waals surface area (Å²) < 4.78 is 0. The first-order chi connectivity index (χ1) is 9.47. The number of phenols is 1. The molecule has 8 nitrogen and oxygen atoms in total. The summed E-state index contributed by atoms with van der Waals surface area (Å²) in [6, 6.07) is 9.22. The molecule has 0 fully saturated rings. The van der Waals surface area contributed by atoms with Crippen LogP contribution in [0.3, 0.4) is 0 Å². The van der Waals surface area contributed by atoms with Gasteiger partial charge in [-0.25, -0.2) is 0 Å². The van der Waals surface area contributed by atoms with Crippen LogP contribution in [0.1, 0.15) is 0 Å². The summed E-state index contributed by atoms with van der Waals surface area (Å²) >= 11 is 0. The van der Waals surface area contributed by atoms with Crippen molar-refractivity contribution in [3.8, 4) is 5.75 Å². The molecule has 2 N–H and O–H groups in total. The van der Waals surface area contributed by atoms with Crippen molar-refractivity contribution in [2.45, 2.75) is 0 Å². The van der Waals surface area contributed by atoms with Crippen molar-refractivity contribution in [1.29, 1.82) is 0 Å². The Kier molecular flexibility index (Phi) is 5.65. The topological polar surface area (TPSA) is 119 Å². The number of phenolic OH excluding ortho intramolecular Hbond substituents is 1. The van der Waals surface area contributed by atoms with Crippen LogP contribution in [0.25, 0.3) is 0 Å². The van der Waals surface area contributed by atoms with Crippen LogP contribution in [0.2, 0.25) is 0 Å². The molecule has 0 atom stereocenters. The van der Waals surface area contributed by atoms with Gasteiger partial charge in [-0.3, -0.25) is 20.2 Å². The summed E-state index contributed by atoms with van der Waals surface area (Å²) in [4.78, 5) is 20.2. The molecule has 0 aliphatic heterocycles. The number of hydrogen-bond donors (Lipinski definition) is 2. The minimum absolute atomic E-state index is 0. The quantitative estimate of drug-likeness (QED) is 0.387. The summed E-state index contributed by atoms with van der Waals surface area (Å²) in [5.74, 6) is 0.0637. The van der Waals surface area contributed by atoms with E-state index >= 15 is 0 Å². The van der Waals surface area contributed by atoms with Crippen LogP contribution in [0.4, 0.5) is 22.7 Å². The SMILES string of the molecule is O=[N+]([O-])c1ccc(Nc2ccc(O)cc2)c([N+](=O)[O-])c1.[Na]. The number of non-ortho nitro benzene ring substituents is 1. The Morgan fingerprint density at radius 1 is 0.952 bits per heavy atom. The average molecular weight is 298 g/mol. The molecule has 0 spiro atoms. The Labute approximate surface area is 141 Å². The van der Waals surface area contributed by atoms with Crippen LogP contribution < -0.4 is 5.32 Å². The number of nitrogens with one attached hydrogen (secondary N) is 1. The van der Waals surface area contributed by atoms with Gasteiger partial charge in [0.25, 0.3) is 11.4 Å². The minimum atomic E-state index is -0.699. The molecular formula is C12H9N3NaO5. The van der Waals surface area contributed by atoms with Crippen molar-refractivity contribution < 1.29 is 15.0 Å². The largest absolute Gasteiger partial charge is 0.508 e. The molecule has 21 heavy (non-hydrogen) atoms. The predicted octanol–water partition coefficient (Wildman–Crippen LogP) is 2.57. The summed E-state index contributed by atoms with van der Waals surface area (Å²) in [5, 5.41) is 33.5. The monoisotopic (exact) mass is 298 g/mol. The molecule has 1 radical (unpaired) electrons. The van der Waals surface area contributed by atoms with Crippen molar-refractivity contribution in [3.05, 3.63) is 62.7 Å². The molecule has 9 heteroatoms.